The third-order valence-corrected chi connectivity index (χ3v) is 4.16. The molecule has 0 fully saturated rings. The molecule has 1 atom stereocenters. The lowest BCUT2D eigenvalue weighted by Gasteiger charge is -2.13. The first kappa shape index (κ1) is 17.6. The van der Waals surface area contributed by atoms with Crippen LogP contribution in [0.3, 0.4) is 0 Å². The van der Waals surface area contributed by atoms with Crippen LogP contribution < -0.4 is 10.6 Å². The van der Waals surface area contributed by atoms with Gasteiger partial charge in [0.15, 0.2) is 0 Å². The average molecular weight is 308 g/mol. The number of carbonyl (C=O) groups is 2. The van der Waals surface area contributed by atoms with Crippen LogP contribution in [-0.4, -0.2) is 23.7 Å². The highest BCUT2D eigenvalue weighted by molar-refractivity contribution is 8.00. The molecule has 0 aromatic heterocycles. The summed E-state index contributed by atoms with van der Waals surface area (Å²) in [5, 5.41) is 4.72. The van der Waals surface area contributed by atoms with Crippen LogP contribution in [0.5, 0.6) is 0 Å². The second-order valence-corrected chi connectivity index (χ2v) is 7.01. The molecule has 1 rings (SSSR count). The van der Waals surface area contributed by atoms with Crippen molar-refractivity contribution in [3.05, 3.63) is 29.3 Å². The van der Waals surface area contributed by atoms with Gasteiger partial charge in [-0.3, -0.25) is 10.1 Å². The van der Waals surface area contributed by atoms with Gasteiger partial charge in [0.05, 0.1) is 5.25 Å². The van der Waals surface area contributed by atoms with E-state index in [4.69, 9.17) is 0 Å². The van der Waals surface area contributed by atoms with Crippen LogP contribution in [0, 0.1) is 19.8 Å². The van der Waals surface area contributed by atoms with Crippen molar-refractivity contribution in [2.24, 2.45) is 5.92 Å². The number of carbonyl (C=O) groups excluding carboxylic acids is 2. The molecule has 0 spiro atoms. The molecule has 21 heavy (non-hydrogen) atoms. The maximum atomic E-state index is 12.0. The molecule has 5 heteroatoms. The molecule has 3 amide bonds. The summed E-state index contributed by atoms with van der Waals surface area (Å²) < 4.78 is 0. The minimum Gasteiger partial charge on any atom is -0.338 e. The lowest BCUT2D eigenvalue weighted by Crippen LogP contribution is -2.43. The van der Waals surface area contributed by atoms with Crippen molar-refractivity contribution in [2.45, 2.75) is 44.8 Å². The van der Waals surface area contributed by atoms with E-state index >= 15 is 0 Å². The molecule has 0 aliphatic rings. The molecule has 0 aliphatic carbocycles. The number of imide groups is 1. The molecule has 116 valence electrons. The topological polar surface area (TPSA) is 58.2 Å². The lowest BCUT2D eigenvalue weighted by atomic mass is 10.1. The predicted octanol–water partition coefficient (Wildman–Crippen LogP) is 3.27. The van der Waals surface area contributed by atoms with Crippen molar-refractivity contribution < 1.29 is 9.59 Å². The van der Waals surface area contributed by atoms with Crippen LogP contribution >= 0.6 is 11.8 Å². The maximum Gasteiger partial charge on any atom is 0.321 e. The van der Waals surface area contributed by atoms with Crippen LogP contribution in [0.2, 0.25) is 0 Å². The van der Waals surface area contributed by atoms with Crippen LogP contribution in [0.4, 0.5) is 4.79 Å². The van der Waals surface area contributed by atoms with Crippen molar-refractivity contribution in [1.82, 2.24) is 10.6 Å². The van der Waals surface area contributed by atoms with Crippen LogP contribution in [0.1, 0.15) is 31.9 Å². The Labute approximate surface area is 131 Å². The zero-order valence-electron chi connectivity index (χ0n) is 13.3. The van der Waals surface area contributed by atoms with Gasteiger partial charge in [-0.15, -0.1) is 11.8 Å². The fraction of sp³-hybridized carbons (Fsp3) is 0.500. The highest BCUT2D eigenvalue weighted by Crippen LogP contribution is 2.25. The van der Waals surface area contributed by atoms with E-state index in [9.17, 15) is 9.59 Å². The average Bonchev–Trinajstić information content (AvgIpc) is 2.40. The highest BCUT2D eigenvalue weighted by Gasteiger charge is 2.17. The van der Waals surface area contributed by atoms with Gasteiger partial charge in [0.25, 0.3) is 0 Å². The molecule has 0 aliphatic heterocycles. The number of aryl methyl sites for hydroxylation is 2. The second kappa shape index (κ2) is 8.08. The maximum absolute atomic E-state index is 12.0. The number of nitrogens with one attached hydrogen (secondary N) is 2. The fourth-order valence-electron chi connectivity index (χ4n) is 1.60. The zero-order valence-corrected chi connectivity index (χ0v) is 14.1. The normalized spacial score (nSPS) is 12.1. The molecule has 0 bridgehead atoms. The first-order chi connectivity index (χ1) is 9.79. The molecule has 0 saturated heterocycles. The van der Waals surface area contributed by atoms with Gasteiger partial charge in [-0.1, -0.05) is 19.9 Å². The number of thioether (sulfide) groups is 1. The third-order valence-electron chi connectivity index (χ3n) is 3.07. The van der Waals surface area contributed by atoms with Crippen molar-refractivity contribution in [3.63, 3.8) is 0 Å². The van der Waals surface area contributed by atoms with Crippen LogP contribution in [0.15, 0.2) is 23.1 Å². The SMILES string of the molecule is Cc1ccc(SC(C)C(=O)NC(=O)NCC(C)C)cc1C. The van der Waals surface area contributed by atoms with Gasteiger partial charge in [0.2, 0.25) is 5.91 Å². The molecule has 1 aromatic rings. The molecule has 1 unspecified atom stereocenters. The molecule has 4 nitrogen and oxygen atoms in total. The first-order valence-corrected chi connectivity index (χ1v) is 8.00. The Kier molecular flexibility index (Phi) is 6.75. The van der Waals surface area contributed by atoms with E-state index in [2.05, 4.69) is 23.6 Å². The standard InChI is InChI=1S/C16H24N2O2S/c1-10(2)9-17-16(20)18-15(19)13(5)21-14-7-6-11(3)12(4)8-14/h6-8,10,13H,9H2,1-5H3,(H2,17,18,19,20). The summed E-state index contributed by atoms with van der Waals surface area (Å²) in [6.45, 7) is 10.5. The van der Waals surface area contributed by atoms with E-state index < -0.39 is 6.03 Å². The number of rotatable bonds is 5. The Hall–Kier alpha value is -1.49. The molecule has 1 aromatic carbocycles. The zero-order chi connectivity index (χ0) is 16.0. The Balaban J connectivity index is 2.50. The van der Waals surface area contributed by atoms with Gasteiger partial charge in [-0.05, 0) is 49.9 Å². The molecule has 0 heterocycles. The van der Waals surface area contributed by atoms with Gasteiger partial charge < -0.3 is 5.32 Å². The van der Waals surface area contributed by atoms with Crippen molar-refractivity contribution in [3.8, 4) is 0 Å². The van der Waals surface area contributed by atoms with Gasteiger partial charge in [0.1, 0.15) is 0 Å². The number of urea groups is 1. The lowest BCUT2D eigenvalue weighted by molar-refractivity contribution is -0.119. The summed E-state index contributed by atoms with van der Waals surface area (Å²) in [5.74, 6) is 0.0765. The van der Waals surface area contributed by atoms with Gasteiger partial charge in [-0.2, -0.15) is 0 Å². The van der Waals surface area contributed by atoms with E-state index in [1.54, 1.807) is 6.92 Å². The number of hydrogen-bond acceptors (Lipinski definition) is 3. The van der Waals surface area contributed by atoms with E-state index in [0.29, 0.717) is 12.5 Å². The summed E-state index contributed by atoms with van der Waals surface area (Å²) in [7, 11) is 0. The Bertz CT molecular complexity index is 515. The van der Waals surface area contributed by atoms with Crippen LogP contribution in [0.25, 0.3) is 0 Å². The van der Waals surface area contributed by atoms with Gasteiger partial charge >= 0.3 is 6.03 Å². The van der Waals surface area contributed by atoms with E-state index in [1.807, 2.05) is 32.9 Å². The predicted molar refractivity (Wildman–Crippen MR) is 87.6 cm³/mol. The minimum atomic E-state index is -0.429. The Morgan fingerprint density at radius 3 is 2.38 bits per heavy atom. The second-order valence-electron chi connectivity index (χ2n) is 5.60. The Morgan fingerprint density at radius 1 is 1.14 bits per heavy atom. The van der Waals surface area contributed by atoms with Crippen molar-refractivity contribution in [1.29, 1.82) is 0 Å². The van der Waals surface area contributed by atoms with Crippen molar-refractivity contribution >= 4 is 23.7 Å². The summed E-state index contributed by atoms with van der Waals surface area (Å²) in [4.78, 5) is 24.6. The van der Waals surface area contributed by atoms with Gasteiger partial charge in [0, 0.05) is 11.4 Å². The van der Waals surface area contributed by atoms with E-state index in [0.717, 1.165) is 4.90 Å². The van der Waals surface area contributed by atoms with Crippen LogP contribution in [-0.2, 0) is 4.79 Å². The molecule has 2 N–H and O–H groups in total. The number of hydrogen-bond donors (Lipinski definition) is 2. The molecular formula is C16H24N2O2S. The number of benzene rings is 1. The first-order valence-electron chi connectivity index (χ1n) is 7.12. The van der Waals surface area contributed by atoms with E-state index in [-0.39, 0.29) is 11.2 Å². The summed E-state index contributed by atoms with van der Waals surface area (Å²) in [5.41, 5.74) is 2.42. The number of amides is 3. The molecule has 0 saturated carbocycles. The van der Waals surface area contributed by atoms with Crippen molar-refractivity contribution in [2.75, 3.05) is 6.54 Å². The van der Waals surface area contributed by atoms with Gasteiger partial charge in [-0.25, -0.2) is 4.79 Å². The summed E-state index contributed by atoms with van der Waals surface area (Å²) in [6.07, 6.45) is 0. The molecular weight excluding hydrogens is 284 g/mol. The largest absolute Gasteiger partial charge is 0.338 e. The summed E-state index contributed by atoms with van der Waals surface area (Å²) >= 11 is 1.45. The monoisotopic (exact) mass is 308 g/mol. The quantitative estimate of drug-likeness (QED) is 0.821. The minimum absolute atomic E-state index is 0.278. The smallest absolute Gasteiger partial charge is 0.321 e. The summed E-state index contributed by atoms with van der Waals surface area (Å²) in [6, 6.07) is 5.66. The third kappa shape index (κ3) is 6.21. The Morgan fingerprint density at radius 2 is 1.81 bits per heavy atom. The van der Waals surface area contributed by atoms with E-state index in [1.165, 1.54) is 22.9 Å². The molecule has 0 radical (unpaired) electrons. The fourth-order valence-corrected chi connectivity index (χ4v) is 2.57. The highest BCUT2D eigenvalue weighted by atomic mass is 32.2.